The van der Waals surface area contributed by atoms with Crippen LogP contribution in [0.2, 0.25) is 0 Å². The van der Waals surface area contributed by atoms with E-state index in [2.05, 4.69) is 20.8 Å². The minimum absolute atomic E-state index is 0. The Hall–Kier alpha value is 0.182. The molecule has 0 aromatic heterocycles. The van der Waals surface area contributed by atoms with E-state index in [1.165, 1.54) is 0 Å². The smallest absolute Gasteiger partial charge is 0.545 e. The summed E-state index contributed by atoms with van der Waals surface area (Å²) in [6, 6.07) is 6.81. The number of carboxylic acid groups (broad SMARTS) is 1. The summed E-state index contributed by atoms with van der Waals surface area (Å²) in [5.74, 6) is -1.12. The van der Waals surface area contributed by atoms with Gasteiger partial charge in [0, 0.05) is 0 Å². The number of aromatic carboxylic acids is 1. The SMILES string of the molecule is CC(C)(C)c1ccc(C(=O)[O-])cc1.[Na+].[OH][AlH2]. The van der Waals surface area contributed by atoms with Gasteiger partial charge in [0.05, 0.1) is 5.97 Å². The van der Waals surface area contributed by atoms with Gasteiger partial charge in [-0.15, -0.1) is 0 Å². The molecule has 1 aromatic rings. The molecule has 0 bridgehead atoms. The first-order valence-corrected chi connectivity index (χ1v) is 5.57. The second kappa shape index (κ2) is 8.30. The van der Waals surface area contributed by atoms with E-state index in [0.29, 0.717) is 16.6 Å². The van der Waals surface area contributed by atoms with Crippen molar-refractivity contribution in [1.29, 1.82) is 0 Å². The summed E-state index contributed by atoms with van der Waals surface area (Å²) in [5.41, 5.74) is 1.41. The van der Waals surface area contributed by atoms with Crippen molar-refractivity contribution in [2.24, 2.45) is 0 Å². The second-order valence-electron chi connectivity index (χ2n) is 4.11. The van der Waals surface area contributed by atoms with Crippen LogP contribution in [0.25, 0.3) is 0 Å². The largest absolute Gasteiger partial charge is 1.00 e. The third-order valence-corrected chi connectivity index (χ3v) is 1.99. The van der Waals surface area contributed by atoms with Gasteiger partial charge >= 0.3 is 46.2 Å². The molecular weight excluding hydrogens is 230 g/mol. The van der Waals surface area contributed by atoms with Crippen molar-refractivity contribution in [3.8, 4) is 0 Å². The number of carbonyl (C=O) groups excluding carboxylic acids is 1. The minimum atomic E-state index is -1.12. The minimum Gasteiger partial charge on any atom is -0.545 e. The topological polar surface area (TPSA) is 60.4 Å². The molecule has 0 amide bonds. The van der Waals surface area contributed by atoms with Crippen molar-refractivity contribution >= 4 is 22.6 Å². The Balaban J connectivity index is 0. The summed E-state index contributed by atoms with van der Waals surface area (Å²) >= 11 is 0.306. The number of hydrogen-bond donors (Lipinski definition) is 1. The van der Waals surface area contributed by atoms with Crippen molar-refractivity contribution in [2.45, 2.75) is 26.2 Å². The monoisotopic (exact) mass is 246 g/mol. The van der Waals surface area contributed by atoms with Crippen LogP contribution in [-0.4, -0.2) is 26.8 Å². The van der Waals surface area contributed by atoms with Gasteiger partial charge in [-0.2, -0.15) is 0 Å². The zero-order valence-electron chi connectivity index (χ0n) is 10.6. The average Bonchev–Trinajstić information content (AvgIpc) is 2.20. The van der Waals surface area contributed by atoms with E-state index >= 15 is 0 Å². The summed E-state index contributed by atoms with van der Waals surface area (Å²) in [6.07, 6.45) is 0. The van der Waals surface area contributed by atoms with Gasteiger partial charge in [-0.3, -0.25) is 0 Å². The summed E-state index contributed by atoms with van der Waals surface area (Å²) in [4.78, 5) is 10.5. The Kier molecular flexibility index (Phi) is 9.62. The molecule has 1 aromatic carbocycles. The summed E-state index contributed by atoms with van der Waals surface area (Å²) in [6.45, 7) is 6.25. The van der Waals surface area contributed by atoms with Crippen LogP contribution in [0.15, 0.2) is 24.3 Å². The molecule has 0 radical (unpaired) electrons. The molecule has 3 nitrogen and oxygen atoms in total. The molecule has 0 heterocycles. The fraction of sp³-hybridized carbons (Fsp3) is 0.364. The number of benzene rings is 1. The molecule has 0 atom stereocenters. The van der Waals surface area contributed by atoms with Crippen molar-refractivity contribution in [2.75, 3.05) is 0 Å². The van der Waals surface area contributed by atoms with E-state index in [9.17, 15) is 9.90 Å². The molecule has 1 rings (SSSR count). The molecule has 0 aliphatic heterocycles. The molecule has 0 aliphatic carbocycles. The maximum atomic E-state index is 10.5. The maximum Gasteiger partial charge on any atom is 1.00 e. The number of carboxylic acids is 1. The molecule has 16 heavy (non-hydrogen) atoms. The zero-order chi connectivity index (χ0) is 12.1. The van der Waals surface area contributed by atoms with Gasteiger partial charge in [0.2, 0.25) is 0 Å². The molecule has 0 unspecified atom stereocenters. The van der Waals surface area contributed by atoms with E-state index in [4.69, 9.17) is 4.16 Å². The normalized spacial score (nSPS) is 9.50. The van der Waals surface area contributed by atoms with Gasteiger partial charge in [0.15, 0.2) is 0 Å². The molecule has 1 N–H and O–H groups in total. The predicted molar refractivity (Wildman–Crippen MR) is 60.2 cm³/mol. The van der Waals surface area contributed by atoms with Crippen LogP contribution in [0, 0.1) is 0 Å². The Bertz CT molecular complexity index is 317. The molecule has 0 fully saturated rings. The van der Waals surface area contributed by atoms with Gasteiger partial charge in [-0.05, 0) is 16.5 Å². The van der Waals surface area contributed by atoms with Crippen molar-refractivity contribution in [3.63, 3.8) is 0 Å². The van der Waals surface area contributed by atoms with Gasteiger partial charge in [0.1, 0.15) is 0 Å². The third-order valence-electron chi connectivity index (χ3n) is 1.99. The molecule has 0 saturated carbocycles. The van der Waals surface area contributed by atoms with Gasteiger partial charge in [-0.1, -0.05) is 45.0 Å². The van der Waals surface area contributed by atoms with Crippen LogP contribution in [0.3, 0.4) is 0 Å². The molecule has 0 spiro atoms. The Morgan fingerprint density at radius 3 is 1.81 bits per heavy atom. The second-order valence-corrected chi connectivity index (χ2v) is 4.11. The summed E-state index contributed by atoms with van der Waals surface area (Å²) in [5, 5.41) is 10.5. The van der Waals surface area contributed by atoms with Crippen LogP contribution < -0.4 is 34.7 Å². The molecule has 0 aliphatic rings. The van der Waals surface area contributed by atoms with E-state index in [0.717, 1.165) is 5.56 Å². The van der Waals surface area contributed by atoms with Crippen molar-refractivity contribution in [1.82, 2.24) is 0 Å². The van der Waals surface area contributed by atoms with Crippen LogP contribution in [0.1, 0.15) is 36.7 Å². The molecule has 5 heteroatoms. The standard InChI is InChI=1S/C11H14O2.Al.Na.H2O.2H/c1-11(2,3)9-6-4-8(5-7-9)10(12)13;;;;;/h4-7H,1-3H3,(H,12,13);;;1H2;;/q;2*+1;;;/p-2. The van der Waals surface area contributed by atoms with E-state index < -0.39 is 5.97 Å². The predicted octanol–water partition coefficient (Wildman–Crippen LogP) is -3.12. The van der Waals surface area contributed by atoms with Gasteiger partial charge in [-0.25, -0.2) is 0 Å². The van der Waals surface area contributed by atoms with Crippen molar-refractivity contribution in [3.05, 3.63) is 35.4 Å². The van der Waals surface area contributed by atoms with E-state index in [1.54, 1.807) is 12.1 Å². The van der Waals surface area contributed by atoms with Crippen LogP contribution >= 0.6 is 0 Å². The van der Waals surface area contributed by atoms with Crippen LogP contribution in [-0.2, 0) is 5.41 Å². The summed E-state index contributed by atoms with van der Waals surface area (Å²) < 4.78 is 7.14. The maximum absolute atomic E-state index is 10.5. The average molecular weight is 246 g/mol. The first-order chi connectivity index (χ1) is 6.91. The molecule has 82 valence electrons. The molecular formula is C11H16AlNaO3. The fourth-order valence-electron chi connectivity index (χ4n) is 1.11. The van der Waals surface area contributed by atoms with E-state index in [-0.39, 0.29) is 40.5 Å². The number of hydrogen-bond acceptors (Lipinski definition) is 3. The van der Waals surface area contributed by atoms with Crippen molar-refractivity contribution < 1.29 is 43.6 Å². The first-order valence-electron chi connectivity index (χ1n) is 4.68. The Labute approximate surface area is 127 Å². The van der Waals surface area contributed by atoms with Gasteiger partial charge < -0.3 is 14.1 Å². The molecule has 0 saturated heterocycles. The zero-order valence-corrected chi connectivity index (χ0v) is 14.6. The van der Waals surface area contributed by atoms with E-state index in [1.807, 2.05) is 12.1 Å². The number of rotatable bonds is 1. The number of carbonyl (C=O) groups is 1. The fourth-order valence-corrected chi connectivity index (χ4v) is 1.11. The first kappa shape index (κ1) is 18.5. The van der Waals surface area contributed by atoms with Crippen LogP contribution in [0.5, 0.6) is 0 Å². The quantitative estimate of drug-likeness (QED) is 0.533. The van der Waals surface area contributed by atoms with Gasteiger partial charge in [0.25, 0.3) is 0 Å². The summed E-state index contributed by atoms with van der Waals surface area (Å²) in [7, 11) is 0. The third kappa shape index (κ3) is 6.05. The van der Waals surface area contributed by atoms with Crippen LogP contribution in [0.4, 0.5) is 0 Å². The Morgan fingerprint density at radius 1 is 1.19 bits per heavy atom. The Morgan fingerprint density at radius 2 is 1.56 bits per heavy atom.